The maximum atomic E-state index is 6.56. The van der Waals surface area contributed by atoms with Gasteiger partial charge in [-0.15, -0.1) is 0 Å². The van der Waals surface area contributed by atoms with Crippen LogP contribution in [0.15, 0.2) is 18.2 Å². The first kappa shape index (κ1) is 16.5. The molecule has 1 unspecified atom stereocenters. The molecule has 0 saturated heterocycles. The highest BCUT2D eigenvalue weighted by Gasteiger charge is 2.25. The van der Waals surface area contributed by atoms with Gasteiger partial charge < -0.3 is 5.73 Å². The molecule has 1 heteroatoms. The summed E-state index contributed by atoms with van der Waals surface area (Å²) in [6.07, 6.45) is 10.8. The minimum absolute atomic E-state index is 0.344. The van der Waals surface area contributed by atoms with Gasteiger partial charge in [-0.1, -0.05) is 57.2 Å². The van der Waals surface area contributed by atoms with E-state index in [-0.39, 0.29) is 0 Å². The zero-order chi connectivity index (χ0) is 15.2. The third-order valence-corrected chi connectivity index (χ3v) is 5.55. The minimum Gasteiger partial charge on any atom is -0.327 e. The molecule has 1 aromatic carbocycles. The molecule has 0 aromatic heterocycles. The summed E-state index contributed by atoms with van der Waals surface area (Å²) in [6, 6.07) is 6.93. The number of unbranched alkanes of at least 4 members (excludes halogenated alkanes) is 1. The Labute approximate surface area is 131 Å². The first-order valence-corrected chi connectivity index (χ1v) is 8.92. The Morgan fingerprint density at radius 3 is 2.29 bits per heavy atom. The van der Waals surface area contributed by atoms with E-state index >= 15 is 0 Å². The van der Waals surface area contributed by atoms with Gasteiger partial charge >= 0.3 is 0 Å². The summed E-state index contributed by atoms with van der Waals surface area (Å²) < 4.78 is 0. The Morgan fingerprint density at radius 1 is 1.10 bits per heavy atom. The molecule has 118 valence electrons. The van der Waals surface area contributed by atoms with Crippen molar-refractivity contribution in [2.24, 2.45) is 17.6 Å². The van der Waals surface area contributed by atoms with Gasteiger partial charge in [-0.3, -0.25) is 0 Å². The van der Waals surface area contributed by atoms with Gasteiger partial charge in [0.05, 0.1) is 0 Å². The normalized spacial score (nSPS) is 24.0. The van der Waals surface area contributed by atoms with E-state index in [4.69, 9.17) is 5.73 Å². The SMILES string of the molecule is CCCCC1CCC(C(N)Cc2c(C)cccc2C)CC1. The van der Waals surface area contributed by atoms with Crippen molar-refractivity contribution >= 4 is 0 Å². The molecule has 0 spiro atoms. The minimum atomic E-state index is 0.344. The zero-order valence-electron chi connectivity index (χ0n) is 14.2. The van der Waals surface area contributed by atoms with Crippen molar-refractivity contribution in [3.05, 3.63) is 34.9 Å². The third-order valence-electron chi connectivity index (χ3n) is 5.55. The van der Waals surface area contributed by atoms with Gasteiger partial charge in [-0.25, -0.2) is 0 Å². The molecule has 1 aromatic rings. The van der Waals surface area contributed by atoms with Crippen LogP contribution in [0.25, 0.3) is 0 Å². The van der Waals surface area contributed by atoms with Gasteiger partial charge in [0.1, 0.15) is 0 Å². The van der Waals surface area contributed by atoms with Crippen LogP contribution >= 0.6 is 0 Å². The predicted molar refractivity (Wildman–Crippen MR) is 92.6 cm³/mol. The van der Waals surface area contributed by atoms with Crippen LogP contribution in [0.3, 0.4) is 0 Å². The molecule has 0 radical (unpaired) electrons. The molecule has 1 atom stereocenters. The van der Waals surface area contributed by atoms with Gasteiger partial charge in [0, 0.05) is 6.04 Å². The average Bonchev–Trinajstić information content (AvgIpc) is 2.49. The number of hydrogen-bond acceptors (Lipinski definition) is 1. The summed E-state index contributed by atoms with van der Waals surface area (Å²) in [6.45, 7) is 6.74. The van der Waals surface area contributed by atoms with Gasteiger partial charge in [0.2, 0.25) is 0 Å². The van der Waals surface area contributed by atoms with Crippen molar-refractivity contribution in [3.8, 4) is 0 Å². The Bertz CT molecular complexity index is 409. The Hall–Kier alpha value is -0.820. The van der Waals surface area contributed by atoms with Crippen LogP contribution in [0.5, 0.6) is 0 Å². The van der Waals surface area contributed by atoms with Crippen molar-refractivity contribution < 1.29 is 0 Å². The molecular weight excluding hydrogens is 254 g/mol. The Morgan fingerprint density at radius 2 is 1.71 bits per heavy atom. The Kier molecular flexibility index (Phi) is 6.29. The Balaban J connectivity index is 1.86. The first-order chi connectivity index (χ1) is 10.1. The quantitative estimate of drug-likeness (QED) is 0.767. The van der Waals surface area contributed by atoms with E-state index in [0.717, 1.165) is 18.3 Å². The lowest BCUT2D eigenvalue weighted by molar-refractivity contribution is 0.230. The summed E-state index contributed by atoms with van der Waals surface area (Å²) in [5.41, 5.74) is 10.9. The molecule has 0 aliphatic heterocycles. The standard InChI is InChI=1S/C20H33N/c1-4-5-9-17-10-12-18(13-11-17)20(21)14-19-15(2)7-6-8-16(19)3/h6-8,17-18,20H,4-5,9-14,21H2,1-3H3. The van der Waals surface area contributed by atoms with Crippen molar-refractivity contribution in [1.29, 1.82) is 0 Å². The molecular formula is C20H33N. The predicted octanol–water partition coefficient (Wildman–Crippen LogP) is 5.17. The van der Waals surface area contributed by atoms with Gasteiger partial charge in [-0.05, 0) is 61.6 Å². The van der Waals surface area contributed by atoms with E-state index in [0.29, 0.717) is 6.04 Å². The van der Waals surface area contributed by atoms with Gasteiger partial charge in [0.15, 0.2) is 0 Å². The smallest absolute Gasteiger partial charge is 0.0108 e. The fourth-order valence-corrected chi connectivity index (χ4v) is 3.97. The number of nitrogens with two attached hydrogens (primary N) is 1. The summed E-state index contributed by atoms with van der Waals surface area (Å²) in [5, 5.41) is 0. The maximum Gasteiger partial charge on any atom is 0.0108 e. The first-order valence-electron chi connectivity index (χ1n) is 8.92. The number of rotatable bonds is 6. The fraction of sp³-hybridized carbons (Fsp3) is 0.700. The van der Waals surface area contributed by atoms with E-state index in [1.165, 1.54) is 61.6 Å². The monoisotopic (exact) mass is 287 g/mol. The molecule has 1 aliphatic carbocycles. The molecule has 2 N–H and O–H groups in total. The lowest BCUT2D eigenvalue weighted by atomic mass is 9.75. The van der Waals surface area contributed by atoms with Crippen LogP contribution in [0, 0.1) is 25.7 Å². The summed E-state index contributed by atoms with van der Waals surface area (Å²) in [7, 11) is 0. The van der Waals surface area contributed by atoms with E-state index in [1.54, 1.807) is 0 Å². The van der Waals surface area contributed by atoms with E-state index in [9.17, 15) is 0 Å². The second kappa shape index (κ2) is 7.98. The number of benzene rings is 1. The van der Waals surface area contributed by atoms with E-state index in [2.05, 4.69) is 39.0 Å². The van der Waals surface area contributed by atoms with Crippen molar-refractivity contribution in [2.75, 3.05) is 0 Å². The molecule has 1 aliphatic rings. The lowest BCUT2D eigenvalue weighted by Crippen LogP contribution is -2.35. The highest BCUT2D eigenvalue weighted by molar-refractivity contribution is 5.34. The molecule has 0 bridgehead atoms. The average molecular weight is 287 g/mol. The molecule has 1 saturated carbocycles. The maximum absolute atomic E-state index is 6.56. The summed E-state index contributed by atoms with van der Waals surface area (Å²) in [4.78, 5) is 0. The van der Waals surface area contributed by atoms with E-state index < -0.39 is 0 Å². The van der Waals surface area contributed by atoms with Crippen LogP contribution in [-0.4, -0.2) is 6.04 Å². The van der Waals surface area contributed by atoms with Crippen LogP contribution in [0.1, 0.15) is 68.6 Å². The second-order valence-electron chi connectivity index (χ2n) is 7.16. The van der Waals surface area contributed by atoms with Crippen LogP contribution in [-0.2, 0) is 6.42 Å². The molecule has 21 heavy (non-hydrogen) atoms. The number of hydrogen-bond donors (Lipinski definition) is 1. The largest absolute Gasteiger partial charge is 0.327 e. The van der Waals surface area contributed by atoms with Crippen molar-refractivity contribution in [2.45, 2.75) is 78.2 Å². The van der Waals surface area contributed by atoms with E-state index in [1.807, 2.05) is 0 Å². The fourth-order valence-electron chi connectivity index (χ4n) is 3.97. The molecule has 0 heterocycles. The lowest BCUT2D eigenvalue weighted by Gasteiger charge is -2.32. The van der Waals surface area contributed by atoms with Crippen LogP contribution in [0.2, 0.25) is 0 Å². The van der Waals surface area contributed by atoms with Crippen molar-refractivity contribution in [1.82, 2.24) is 0 Å². The molecule has 1 fully saturated rings. The molecule has 2 rings (SSSR count). The topological polar surface area (TPSA) is 26.0 Å². The van der Waals surface area contributed by atoms with Gasteiger partial charge in [0.25, 0.3) is 0 Å². The third kappa shape index (κ3) is 4.57. The molecule has 1 nitrogen and oxygen atoms in total. The van der Waals surface area contributed by atoms with Crippen molar-refractivity contribution in [3.63, 3.8) is 0 Å². The number of aryl methyl sites for hydroxylation is 2. The van der Waals surface area contributed by atoms with Gasteiger partial charge in [-0.2, -0.15) is 0 Å². The molecule has 0 amide bonds. The van der Waals surface area contributed by atoms with Crippen LogP contribution in [0.4, 0.5) is 0 Å². The van der Waals surface area contributed by atoms with Crippen LogP contribution < -0.4 is 5.73 Å². The highest BCUT2D eigenvalue weighted by Crippen LogP contribution is 2.34. The second-order valence-corrected chi connectivity index (χ2v) is 7.16. The zero-order valence-corrected chi connectivity index (χ0v) is 14.2. The highest BCUT2D eigenvalue weighted by atomic mass is 14.7. The summed E-state index contributed by atoms with van der Waals surface area (Å²) in [5.74, 6) is 1.72. The summed E-state index contributed by atoms with van der Waals surface area (Å²) >= 11 is 0.